The van der Waals surface area contributed by atoms with E-state index in [1.807, 2.05) is 6.07 Å². The molecule has 0 fully saturated rings. The molecule has 152 valence electrons. The molecule has 1 N–H and O–H groups in total. The van der Waals surface area contributed by atoms with E-state index >= 15 is 0 Å². The molecule has 1 atom stereocenters. The number of amides is 1. The predicted octanol–water partition coefficient (Wildman–Crippen LogP) is 2.38. The van der Waals surface area contributed by atoms with Crippen LogP contribution in [0.15, 0.2) is 39.5 Å². The summed E-state index contributed by atoms with van der Waals surface area (Å²) < 4.78 is 10.9. The Labute approximate surface area is 163 Å². The molecule has 2 aromatic rings. The zero-order chi connectivity index (χ0) is 20.4. The summed E-state index contributed by atoms with van der Waals surface area (Å²) in [5.74, 6) is -1.32. The summed E-state index contributed by atoms with van der Waals surface area (Å²) >= 11 is 0. The number of hydrogen-bond donors (Lipinski definition) is 1. The Morgan fingerprint density at radius 1 is 1.25 bits per heavy atom. The van der Waals surface area contributed by atoms with E-state index in [4.69, 9.17) is 9.15 Å². The number of carbonyl (C=O) groups excluding carboxylic acids is 2. The third kappa shape index (κ3) is 6.68. The largest absolute Gasteiger partial charge is 0.454 e. The first-order chi connectivity index (χ1) is 13.5. The van der Waals surface area contributed by atoms with Gasteiger partial charge in [-0.15, -0.1) is 5.10 Å². The number of carbonyl (C=O) groups is 2. The van der Waals surface area contributed by atoms with Crippen molar-refractivity contribution in [1.82, 2.24) is 15.1 Å². The summed E-state index contributed by atoms with van der Waals surface area (Å²) in [7, 11) is 0. The molecule has 1 heterocycles. The molecule has 0 saturated heterocycles. The van der Waals surface area contributed by atoms with E-state index in [1.54, 1.807) is 24.3 Å². The van der Waals surface area contributed by atoms with Crippen molar-refractivity contribution in [2.24, 2.45) is 5.92 Å². The van der Waals surface area contributed by atoms with Crippen molar-refractivity contribution < 1.29 is 18.7 Å². The Kier molecular flexibility index (Phi) is 8.45. The quantitative estimate of drug-likeness (QED) is 0.592. The second kappa shape index (κ2) is 11.1. The van der Waals surface area contributed by atoms with Crippen molar-refractivity contribution in [3.8, 4) is 11.5 Å². The second-order valence-electron chi connectivity index (χ2n) is 6.58. The zero-order valence-electron chi connectivity index (χ0n) is 16.3. The standard InChI is InChI=1S/C20H27N3O5/c1-3-5-9-15(4-2)12-21-17(24)14-27-18(25)13-23-20(26)28-19(22-23)16-10-7-6-8-11-16/h6-8,10-11,15H,3-5,9,12-14H2,1-2H3,(H,21,24)/t15-/m1/s1. The minimum atomic E-state index is -0.762. The van der Waals surface area contributed by atoms with Crippen LogP contribution < -0.4 is 11.1 Å². The molecule has 0 spiro atoms. The molecule has 28 heavy (non-hydrogen) atoms. The van der Waals surface area contributed by atoms with E-state index in [2.05, 4.69) is 24.3 Å². The van der Waals surface area contributed by atoms with Crippen molar-refractivity contribution in [3.05, 3.63) is 40.9 Å². The van der Waals surface area contributed by atoms with Crippen LogP contribution in [-0.4, -0.2) is 34.8 Å². The van der Waals surface area contributed by atoms with Gasteiger partial charge in [0, 0.05) is 12.1 Å². The van der Waals surface area contributed by atoms with Gasteiger partial charge >= 0.3 is 11.7 Å². The van der Waals surface area contributed by atoms with Crippen LogP contribution in [0.25, 0.3) is 11.5 Å². The molecule has 1 aromatic carbocycles. The maximum Gasteiger partial charge on any atom is 0.437 e. The van der Waals surface area contributed by atoms with Crippen LogP contribution >= 0.6 is 0 Å². The maximum atomic E-state index is 11.9. The Morgan fingerprint density at radius 3 is 2.68 bits per heavy atom. The normalized spacial score (nSPS) is 11.8. The number of esters is 1. The van der Waals surface area contributed by atoms with Gasteiger partial charge in [0.2, 0.25) is 5.89 Å². The van der Waals surface area contributed by atoms with E-state index in [9.17, 15) is 14.4 Å². The summed E-state index contributed by atoms with van der Waals surface area (Å²) in [5, 5.41) is 6.76. The number of ether oxygens (including phenoxy) is 1. The third-order valence-corrected chi connectivity index (χ3v) is 4.40. The van der Waals surface area contributed by atoms with Gasteiger partial charge < -0.3 is 14.5 Å². The molecule has 0 bridgehead atoms. The SMILES string of the molecule is CCCC[C@@H](CC)CNC(=O)COC(=O)Cn1nc(-c2ccccc2)oc1=O. The average Bonchev–Trinajstić information content (AvgIpc) is 3.07. The van der Waals surface area contributed by atoms with Gasteiger partial charge in [-0.25, -0.2) is 4.79 Å². The van der Waals surface area contributed by atoms with Crippen LogP contribution in [0.4, 0.5) is 0 Å². The summed E-state index contributed by atoms with van der Waals surface area (Å²) in [6.07, 6.45) is 4.29. The molecule has 0 aliphatic heterocycles. The van der Waals surface area contributed by atoms with Gasteiger partial charge in [-0.05, 0) is 24.5 Å². The number of nitrogens with zero attached hydrogens (tertiary/aromatic N) is 2. The van der Waals surface area contributed by atoms with Gasteiger partial charge in [0.05, 0.1) is 0 Å². The number of nitrogens with one attached hydrogen (secondary N) is 1. The lowest BCUT2D eigenvalue weighted by molar-refractivity contribution is -0.149. The molecule has 0 unspecified atom stereocenters. The summed E-state index contributed by atoms with van der Waals surface area (Å²) in [6, 6.07) is 8.87. The first-order valence-corrected chi connectivity index (χ1v) is 9.59. The van der Waals surface area contributed by atoms with Gasteiger partial charge in [-0.3, -0.25) is 9.59 Å². The molecule has 2 rings (SSSR count). The minimum absolute atomic E-state index is 0.119. The number of aromatic nitrogens is 2. The summed E-state index contributed by atoms with van der Waals surface area (Å²) in [5.41, 5.74) is 0.625. The number of rotatable bonds is 11. The minimum Gasteiger partial charge on any atom is -0.454 e. The van der Waals surface area contributed by atoms with E-state index in [1.165, 1.54) is 0 Å². The Morgan fingerprint density at radius 2 is 2.00 bits per heavy atom. The average molecular weight is 389 g/mol. The molecule has 0 aliphatic rings. The fraction of sp³-hybridized carbons (Fsp3) is 0.500. The summed E-state index contributed by atoms with van der Waals surface area (Å²) in [4.78, 5) is 35.6. The molecule has 8 nitrogen and oxygen atoms in total. The fourth-order valence-electron chi connectivity index (χ4n) is 2.67. The van der Waals surface area contributed by atoms with Crippen LogP contribution in [0.2, 0.25) is 0 Å². The fourth-order valence-corrected chi connectivity index (χ4v) is 2.67. The lowest BCUT2D eigenvalue weighted by atomic mass is 9.99. The molecular formula is C20H27N3O5. The predicted molar refractivity (Wildman–Crippen MR) is 103 cm³/mol. The highest BCUT2D eigenvalue weighted by molar-refractivity contribution is 5.80. The van der Waals surface area contributed by atoms with Crippen LogP contribution in [0, 0.1) is 5.92 Å². The van der Waals surface area contributed by atoms with E-state index < -0.39 is 18.3 Å². The molecule has 1 amide bonds. The maximum absolute atomic E-state index is 11.9. The molecule has 0 radical (unpaired) electrons. The van der Waals surface area contributed by atoms with Gasteiger partial charge in [-0.2, -0.15) is 4.68 Å². The topological polar surface area (TPSA) is 103 Å². The van der Waals surface area contributed by atoms with E-state index in [0.717, 1.165) is 30.4 Å². The second-order valence-corrected chi connectivity index (χ2v) is 6.58. The van der Waals surface area contributed by atoms with Crippen molar-refractivity contribution in [1.29, 1.82) is 0 Å². The Hall–Kier alpha value is -2.90. The van der Waals surface area contributed by atoms with Crippen LogP contribution in [-0.2, 0) is 20.9 Å². The third-order valence-electron chi connectivity index (χ3n) is 4.40. The molecule has 0 aliphatic carbocycles. The number of benzene rings is 1. The first-order valence-electron chi connectivity index (χ1n) is 9.59. The smallest absolute Gasteiger partial charge is 0.437 e. The summed E-state index contributed by atoms with van der Waals surface area (Å²) in [6.45, 7) is 3.98. The van der Waals surface area contributed by atoms with Crippen molar-refractivity contribution in [2.75, 3.05) is 13.2 Å². The monoisotopic (exact) mass is 389 g/mol. The highest BCUT2D eigenvalue weighted by Gasteiger charge is 2.15. The lowest BCUT2D eigenvalue weighted by Crippen LogP contribution is -2.33. The van der Waals surface area contributed by atoms with E-state index in [0.29, 0.717) is 18.0 Å². The Balaban J connectivity index is 1.79. The van der Waals surface area contributed by atoms with E-state index in [-0.39, 0.29) is 18.4 Å². The van der Waals surface area contributed by atoms with Gasteiger partial charge in [0.1, 0.15) is 6.54 Å². The van der Waals surface area contributed by atoms with Gasteiger partial charge in [0.15, 0.2) is 6.61 Å². The molecule has 0 saturated carbocycles. The van der Waals surface area contributed by atoms with Gasteiger partial charge in [0.25, 0.3) is 5.91 Å². The van der Waals surface area contributed by atoms with Crippen molar-refractivity contribution >= 4 is 11.9 Å². The van der Waals surface area contributed by atoms with Crippen LogP contribution in [0.1, 0.15) is 39.5 Å². The number of hydrogen-bond acceptors (Lipinski definition) is 6. The Bertz CT molecular complexity index is 813. The van der Waals surface area contributed by atoms with Crippen molar-refractivity contribution in [2.45, 2.75) is 46.1 Å². The lowest BCUT2D eigenvalue weighted by Gasteiger charge is -2.15. The van der Waals surface area contributed by atoms with Gasteiger partial charge in [-0.1, -0.05) is 51.3 Å². The molecule has 8 heteroatoms. The highest BCUT2D eigenvalue weighted by atomic mass is 16.5. The number of unbranched alkanes of at least 4 members (excludes halogenated alkanes) is 1. The molecule has 1 aromatic heterocycles. The first kappa shape index (κ1) is 21.4. The zero-order valence-corrected chi connectivity index (χ0v) is 16.3. The molecular weight excluding hydrogens is 362 g/mol. The highest BCUT2D eigenvalue weighted by Crippen LogP contribution is 2.14. The van der Waals surface area contributed by atoms with Crippen molar-refractivity contribution in [3.63, 3.8) is 0 Å². The van der Waals surface area contributed by atoms with Crippen LogP contribution in [0.3, 0.4) is 0 Å². The van der Waals surface area contributed by atoms with Crippen LogP contribution in [0.5, 0.6) is 0 Å².